The van der Waals surface area contributed by atoms with E-state index in [1.54, 1.807) is 17.0 Å². The predicted octanol–water partition coefficient (Wildman–Crippen LogP) is 4.58. The lowest BCUT2D eigenvalue weighted by Gasteiger charge is -2.44. The summed E-state index contributed by atoms with van der Waals surface area (Å²) in [6.07, 6.45) is 0. The third kappa shape index (κ3) is 6.19. The Labute approximate surface area is 213 Å². The van der Waals surface area contributed by atoms with Crippen molar-refractivity contribution in [3.05, 3.63) is 107 Å². The number of hydrogen-bond acceptors (Lipinski definition) is 4. The normalized spacial score (nSPS) is 17.6. The van der Waals surface area contributed by atoms with Crippen molar-refractivity contribution in [2.45, 2.75) is 32.5 Å². The summed E-state index contributed by atoms with van der Waals surface area (Å²) in [5.41, 5.74) is 4.00. The lowest BCUT2D eigenvalue weighted by Crippen LogP contribution is -2.52. The summed E-state index contributed by atoms with van der Waals surface area (Å²) in [6, 6.07) is 25.6. The molecule has 3 aromatic rings. The number of nitrogens with zero attached hydrogens (tertiary/aromatic N) is 3. The molecule has 0 radical (unpaired) electrons. The number of likely N-dealkylation sites (N-methyl/N-ethyl adjacent to an activating group) is 1. The number of carbonyl (C=O) groups excluding carboxylic acids is 1. The molecule has 190 valence electrons. The van der Waals surface area contributed by atoms with E-state index in [4.69, 9.17) is 0 Å². The van der Waals surface area contributed by atoms with Gasteiger partial charge >= 0.3 is 0 Å². The number of carbonyl (C=O) groups is 1. The Balaban J connectivity index is 1.54. The van der Waals surface area contributed by atoms with Gasteiger partial charge in [-0.3, -0.25) is 14.6 Å². The molecule has 0 bridgehead atoms. The minimum absolute atomic E-state index is 0.0448. The molecule has 0 saturated carbocycles. The molecule has 1 fully saturated rings. The largest absolute Gasteiger partial charge is 0.395 e. The van der Waals surface area contributed by atoms with Gasteiger partial charge in [0.15, 0.2) is 0 Å². The van der Waals surface area contributed by atoms with E-state index in [1.165, 1.54) is 11.6 Å². The van der Waals surface area contributed by atoms with Crippen LogP contribution in [0.2, 0.25) is 0 Å². The van der Waals surface area contributed by atoms with E-state index >= 15 is 0 Å². The molecule has 2 atom stereocenters. The van der Waals surface area contributed by atoms with E-state index in [2.05, 4.69) is 53.1 Å². The van der Waals surface area contributed by atoms with Crippen LogP contribution >= 0.6 is 0 Å². The topological polar surface area (TPSA) is 47.0 Å². The SMILES string of the molecule is CCN(CCO)C(=O)c1ccc(C(c2ccccc2)N2CCN(Cc3cccc(F)c3)CC2C)cc1. The van der Waals surface area contributed by atoms with Crippen LogP contribution < -0.4 is 0 Å². The van der Waals surface area contributed by atoms with E-state index in [9.17, 15) is 14.3 Å². The minimum atomic E-state index is -0.191. The van der Waals surface area contributed by atoms with Gasteiger partial charge in [0.25, 0.3) is 5.91 Å². The number of halogens is 1. The third-order valence-electron chi connectivity index (χ3n) is 7.02. The minimum Gasteiger partial charge on any atom is -0.395 e. The molecule has 36 heavy (non-hydrogen) atoms. The molecule has 1 aliphatic rings. The van der Waals surface area contributed by atoms with Gasteiger partial charge in [-0.1, -0.05) is 54.6 Å². The Morgan fingerprint density at radius 3 is 2.39 bits per heavy atom. The highest BCUT2D eigenvalue weighted by Crippen LogP contribution is 2.32. The Bertz CT molecular complexity index is 1120. The fourth-order valence-corrected chi connectivity index (χ4v) is 5.19. The lowest BCUT2D eigenvalue weighted by atomic mass is 9.94. The molecular formula is C30H36FN3O2. The molecule has 5 nitrogen and oxygen atoms in total. The second kappa shape index (κ2) is 12.3. The summed E-state index contributed by atoms with van der Waals surface area (Å²) in [4.78, 5) is 19.4. The number of aliphatic hydroxyl groups is 1. The van der Waals surface area contributed by atoms with E-state index in [1.807, 2.05) is 31.2 Å². The van der Waals surface area contributed by atoms with Gasteiger partial charge in [-0.25, -0.2) is 4.39 Å². The molecule has 6 heteroatoms. The van der Waals surface area contributed by atoms with Crippen molar-refractivity contribution in [3.8, 4) is 0 Å². The number of piperazine rings is 1. The summed E-state index contributed by atoms with van der Waals surface area (Å²) < 4.78 is 13.7. The van der Waals surface area contributed by atoms with Gasteiger partial charge in [0.1, 0.15) is 5.82 Å². The van der Waals surface area contributed by atoms with E-state index < -0.39 is 0 Å². The van der Waals surface area contributed by atoms with Crippen molar-refractivity contribution in [3.63, 3.8) is 0 Å². The van der Waals surface area contributed by atoms with E-state index in [0.717, 1.165) is 37.3 Å². The quantitative estimate of drug-likeness (QED) is 0.478. The Morgan fingerprint density at radius 2 is 1.75 bits per heavy atom. The number of hydrogen-bond donors (Lipinski definition) is 1. The molecule has 1 aliphatic heterocycles. The molecule has 3 aromatic carbocycles. The van der Waals surface area contributed by atoms with Crippen LogP contribution in [0.3, 0.4) is 0 Å². The molecule has 0 spiro atoms. The molecule has 2 unspecified atom stereocenters. The Hall–Kier alpha value is -3.06. The predicted molar refractivity (Wildman–Crippen MR) is 141 cm³/mol. The average molecular weight is 490 g/mol. The maximum absolute atomic E-state index is 13.7. The number of benzene rings is 3. The van der Waals surface area contributed by atoms with Gasteiger partial charge in [0.2, 0.25) is 0 Å². The molecule has 1 saturated heterocycles. The zero-order chi connectivity index (χ0) is 25.5. The fraction of sp³-hybridized carbons (Fsp3) is 0.367. The van der Waals surface area contributed by atoms with Gasteiger partial charge in [-0.15, -0.1) is 0 Å². The van der Waals surface area contributed by atoms with Crippen molar-refractivity contribution in [2.24, 2.45) is 0 Å². The van der Waals surface area contributed by atoms with Crippen LogP contribution in [-0.2, 0) is 6.54 Å². The summed E-state index contributed by atoms with van der Waals surface area (Å²) in [5, 5.41) is 9.27. The van der Waals surface area contributed by atoms with Gasteiger partial charge < -0.3 is 10.0 Å². The summed E-state index contributed by atoms with van der Waals surface area (Å²) in [5.74, 6) is -0.252. The Kier molecular flexibility index (Phi) is 8.86. The molecule has 1 heterocycles. The summed E-state index contributed by atoms with van der Waals surface area (Å²) >= 11 is 0. The van der Waals surface area contributed by atoms with Crippen LogP contribution in [0.5, 0.6) is 0 Å². The van der Waals surface area contributed by atoms with Gasteiger partial charge in [-0.2, -0.15) is 0 Å². The zero-order valence-electron chi connectivity index (χ0n) is 21.2. The highest BCUT2D eigenvalue weighted by molar-refractivity contribution is 5.94. The smallest absolute Gasteiger partial charge is 0.253 e. The molecule has 4 rings (SSSR count). The van der Waals surface area contributed by atoms with Crippen LogP contribution in [0.1, 0.15) is 46.9 Å². The summed E-state index contributed by atoms with van der Waals surface area (Å²) in [6.45, 7) is 8.43. The highest BCUT2D eigenvalue weighted by atomic mass is 19.1. The van der Waals surface area contributed by atoms with Crippen LogP contribution in [0, 0.1) is 5.82 Å². The first-order valence-corrected chi connectivity index (χ1v) is 12.8. The van der Waals surface area contributed by atoms with Crippen LogP contribution in [0.15, 0.2) is 78.9 Å². The third-order valence-corrected chi connectivity index (χ3v) is 7.02. The van der Waals surface area contributed by atoms with Crippen molar-refractivity contribution in [1.82, 2.24) is 14.7 Å². The highest BCUT2D eigenvalue weighted by Gasteiger charge is 2.31. The van der Waals surface area contributed by atoms with Crippen molar-refractivity contribution in [2.75, 3.05) is 39.3 Å². The van der Waals surface area contributed by atoms with Gasteiger partial charge in [0, 0.05) is 50.9 Å². The maximum atomic E-state index is 13.7. The van der Waals surface area contributed by atoms with Gasteiger partial charge in [-0.05, 0) is 54.8 Å². The van der Waals surface area contributed by atoms with Crippen LogP contribution in [0.4, 0.5) is 4.39 Å². The fourth-order valence-electron chi connectivity index (χ4n) is 5.19. The lowest BCUT2D eigenvalue weighted by molar-refractivity contribution is 0.0568. The maximum Gasteiger partial charge on any atom is 0.253 e. The molecule has 1 N–H and O–H groups in total. The van der Waals surface area contributed by atoms with Crippen molar-refractivity contribution in [1.29, 1.82) is 0 Å². The molecular weight excluding hydrogens is 453 g/mol. The zero-order valence-corrected chi connectivity index (χ0v) is 21.2. The standard InChI is InChI=1S/C30H36FN3O2/c1-3-33(18-19-35)30(36)27-14-12-26(13-15-27)29(25-9-5-4-6-10-25)34-17-16-32(21-23(34)2)22-24-8-7-11-28(31)20-24/h4-15,20,23,29,35H,3,16-19,21-22H2,1-2H3. The Morgan fingerprint density at radius 1 is 1.03 bits per heavy atom. The van der Waals surface area contributed by atoms with Crippen LogP contribution in [0.25, 0.3) is 0 Å². The first-order valence-electron chi connectivity index (χ1n) is 12.8. The molecule has 1 amide bonds. The monoisotopic (exact) mass is 489 g/mol. The van der Waals surface area contributed by atoms with Crippen LogP contribution in [-0.4, -0.2) is 71.1 Å². The van der Waals surface area contributed by atoms with Gasteiger partial charge in [0.05, 0.1) is 12.6 Å². The van der Waals surface area contributed by atoms with Crippen molar-refractivity contribution >= 4 is 5.91 Å². The second-order valence-electron chi connectivity index (χ2n) is 9.50. The number of rotatable bonds is 9. The first-order chi connectivity index (χ1) is 17.5. The van der Waals surface area contributed by atoms with E-state index in [0.29, 0.717) is 24.7 Å². The van der Waals surface area contributed by atoms with Crippen molar-refractivity contribution < 1.29 is 14.3 Å². The van der Waals surface area contributed by atoms with E-state index in [-0.39, 0.29) is 24.4 Å². The number of aliphatic hydroxyl groups excluding tert-OH is 1. The number of amides is 1. The molecule has 0 aromatic heterocycles. The second-order valence-corrected chi connectivity index (χ2v) is 9.50. The molecule has 0 aliphatic carbocycles. The first kappa shape index (κ1) is 26.0. The average Bonchev–Trinajstić information content (AvgIpc) is 2.89. The summed E-state index contributed by atoms with van der Waals surface area (Å²) in [7, 11) is 0.